The van der Waals surface area contributed by atoms with Gasteiger partial charge in [-0.1, -0.05) is 30.6 Å². The van der Waals surface area contributed by atoms with Crippen molar-refractivity contribution in [3.63, 3.8) is 0 Å². The Hall–Kier alpha value is -3.40. The van der Waals surface area contributed by atoms with Crippen molar-refractivity contribution < 1.29 is 37.0 Å². The lowest BCUT2D eigenvalue weighted by Gasteiger charge is -2.30. The summed E-state index contributed by atoms with van der Waals surface area (Å²) >= 11 is 0. The first-order valence-corrected chi connectivity index (χ1v) is 17.3. The average molecular weight is 671 g/mol. The second-order valence-corrected chi connectivity index (χ2v) is 15.1. The van der Waals surface area contributed by atoms with Crippen LogP contribution in [0.4, 0.5) is 23.2 Å². The molecule has 4 saturated carbocycles. The highest BCUT2D eigenvalue weighted by molar-refractivity contribution is 5.99. The molecule has 4 aliphatic carbocycles. The smallest absolute Gasteiger partial charge is 0.419 e. The molecule has 0 aliphatic heterocycles. The Morgan fingerprint density at radius 1 is 0.979 bits per heavy atom. The standard InChI is InChI=1S/C38H46F4N2O4/c1-37(2,47)20-22-8-9-23(16-22)24-10-15-32(48-3)29(18-24)35(45)44-34-27-13-12-26(28(27)17-21-6-4-5-7-21)33(34)36(46)43-25-11-14-31(39)30(19-25)38(40,41)42/h10-11,14-15,17-19,21-23,26-27,33-34,47H,4-9,12-13,16,20H2,1-3H3,(H,43,46)(H,44,45)/b28-17-/t22?,23-,26+,27-,33+,34-/m1/s1. The van der Waals surface area contributed by atoms with E-state index in [-0.39, 0.29) is 29.3 Å². The van der Waals surface area contributed by atoms with Crippen molar-refractivity contribution in [1.82, 2.24) is 5.32 Å². The zero-order chi connectivity index (χ0) is 34.4. The summed E-state index contributed by atoms with van der Waals surface area (Å²) in [6.45, 7) is 3.65. The summed E-state index contributed by atoms with van der Waals surface area (Å²) in [5.41, 5.74) is 0.234. The maximum Gasteiger partial charge on any atom is 0.419 e. The van der Waals surface area contributed by atoms with Gasteiger partial charge in [-0.05, 0) is 125 Å². The topological polar surface area (TPSA) is 87.7 Å². The number of aliphatic hydroxyl groups is 1. The number of hydrogen-bond donors (Lipinski definition) is 3. The monoisotopic (exact) mass is 670 g/mol. The number of amides is 2. The molecule has 3 N–H and O–H groups in total. The van der Waals surface area contributed by atoms with Crippen LogP contribution < -0.4 is 15.4 Å². The van der Waals surface area contributed by atoms with Crippen LogP contribution in [0.15, 0.2) is 48.0 Å². The summed E-state index contributed by atoms with van der Waals surface area (Å²) in [6, 6.07) is 7.55. The van der Waals surface area contributed by atoms with Crippen molar-refractivity contribution in [2.75, 3.05) is 12.4 Å². The first-order valence-electron chi connectivity index (χ1n) is 17.3. The molecule has 48 heavy (non-hydrogen) atoms. The molecule has 1 unspecified atom stereocenters. The normalized spacial score (nSPS) is 28.3. The molecule has 4 fully saturated rings. The van der Waals surface area contributed by atoms with Crippen LogP contribution in [-0.2, 0) is 11.0 Å². The summed E-state index contributed by atoms with van der Waals surface area (Å²) in [5.74, 6) is -1.72. The lowest BCUT2D eigenvalue weighted by atomic mass is 9.83. The molecule has 260 valence electrons. The number of alkyl halides is 3. The molecule has 0 aromatic heterocycles. The molecule has 6 atom stereocenters. The Morgan fingerprint density at radius 2 is 1.71 bits per heavy atom. The molecule has 2 bridgehead atoms. The zero-order valence-electron chi connectivity index (χ0n) is 27.8. The summed E-state index contributed by atoms with van der Waals surface area (Å²) in [7, 11) is 1.51. The number of anilines is 1. The molecule has 6 nitrogen and oxygen atoms in total. The maximum atomic E-state index is 14.1. The van der Waals surface area contributed by atoms with Gasteiger partial charge in [0, 0.05) is 17.6 Å². The summed E-state index contributed by atoms with van der Waals surface area (Å²) < 4.78 is 59.9. The number of ether oxygens (including phenoxy) is 1. The van der Waals surface area contributed by atoms with Gasteiger partial charge in [0.05, 0.1) is 29.8 Å². The van der Waals surface area contributed by atoms with Crippen LogP contribution >= 0.6 is 0 Å². The summed E-state index contributed by atoms with van der Waals surface area (Å²) in [4.78, 5) is 28.0. The predicted molar refractivity (Wildman–Crippen MR) is 175 cm³/mol. The van der Waals surface area contributed by atoms with E-state index in [4.69, 9.17) is 4.74 Å². The van der Waals surface area contributed by atoms with Gasteiger partial charge in [-0.2, -0.15) is 13.2 Å². The highest BCUT2D eigenvalue weighted by atomic mass is 19.4. The van der Waals surface area contributed by atoms with Crippen LogP contribution in [-0.4, -0.2) is 35.7 Å². The molecule has 6 rings (SSSR count). The molecule has 0 spiro atoms. The Bertz CT molecular complexity index is 1560. The van der Waals surface area contributed by atoms with Crippen LogP contribution in [0, 0.1) is 35.4 Å². The molecular formula is C38H46F4N2O4. The second kappa shape index (κ2) is 13.5. The van der Waals surface area contributed by atoms with Crippen LogP contribution in [0.2, 0.25) is 0 Å². The molecule has 2 aromatic rings. The number of halogens is 4. The molecule has 0 heterocycles. The number of benzene rings is 2. The number of carbonyl (C=O) groups excluding carboxylic acids is 2. The lowest BCUT2D eigenvalue weighted by molar-refractivity contribution is -0.140. The first-order chi connectivity index (χ1) is 22.7. The van der Waals surface area contributed by atoms with Gasteiger partial charge in [-0.15, -0.1) is 0 Å². The number of allylic oxidation sites excluding steroid dienone is 1. The largest absolute Gasteiger partial charge is 0.496 e. The minimum absolute atomic E-state index is 0.0687. The quantitative estimate of drug-likeness (QED) is 0.185. The predicted octanol–water partition coefficient (Wildman–Crippen LogP) is 8.41. The van der Waals surface area contributed by atoms with Crippen LogP contribution in [0.1, 0.15) is 105 Å². The minimum atomic E-state index is -4.91. The average Bonchev–Trinajstić information content (AvgIpc) is 3.83. The maximum absolute atomic E-state index is 14.1. The Kier molecular flexibility index (Phi) is 9.68. The van der Waals surface area contributed by atoms with Gasteiger partial charge in [0.25, 0.3) is 5.91 Å². The van der Waals surface area contributed by atoms with Crippen LogP contribution in [0.25, 0.3) is 0 Å². The molecule has 0 radical (unpaired) electrons. The van der Waals surface area contributed by atoms with Crippen molar-refractivity contribution in [1.29, 1.82) is 0 Å². The van der Waals surface area contributed by atoms with Crippen molar-refractivity contribution in [2.24, 2.45) is 29.6 Å². The number of rotatable bonds is 9. The van der Waals surface area contributed by atoms with Crippen LogP contribution in [0.5, 0.6) is 5.75 Å². The van der Waals surface area contributed by atoms with E-state index in [2.05, 4.69) is 16.7 Å². The van der Waals surface area contributed by atoms with Crippen molar-refractivity contribution in [3.05, 3.63) is 70.6 Å². The number of nitrogens with one attached hydrogen (secondary N) is 2. The van der Waals surface area contributed by atoms with E-state index in [0.29, 0.717) is 41.7 Å². The van der Waals surface area contributed by atoms with Crippen molar-refractivity contribution in [2.45, 2.75) is 102 Å². The highest BCUT2D eigenvalue weighted by Gasteiger charge is 2.55. The van der Waals surface area contributed by atoms with Gasteiger partial charge in [0.2, 0.25) is 5.91 Å². The first kappa shape index (κ1) is 34.5. The highest BCUT2D eigenvalue weighted by Crippen LogP contribution is 2.54. The molecule has 4 aliphatic rings. The number of carbonyl (C=O) groups is 2. The zero-order valence-corrected chi connectivity index (χ0v) is 27.8. The molecule has 10 heteroatoms. The van der Waals surface area contributed by atoms with Gasteiger partial charge in [0.1, 0.15) is 11.6 Å². The van der Waals surface area contributed by atoms with E-state index >= 15 is 0 Å². The fraction of sp³-hybridized carbons (Fsp3) is 0.579. The summed E-state index contributed by atoms with van der Waals surface area (Å²) in [6.07, 6.45) is 6.98. The molecule has 2 amide bonds. The van der Waals surface area contributed by atoms with Crippen LogP contribution in [0.3, 0.4) is 0 Å². The number of methoxy groups -OCH3 is 1. The fourth-order valence-electron chi connectivity index (χ4n) is 9.12. The number of hydrogen-bond acceptors (Lipinski definition) is 4. The molecular weight excluding hydrogens is 624 g/mol. The second-order valence-electron chi connectivity index (χ2n) is 15.1. The third-order valence-corrected chi connectivity index (χ3v) is 11.1. The van der Waals surface area contributed by atoms with E-state index < -0.39 is 41.0 Å². The molecule has 0 saturated heterocycles. The Balaban J connectivity index is 1.27. The van der Waals surface area contributed by atoms with E-state index in [0.717, 1.165) is 75.0 Å². The van der Waals surface area contributed by atoms with Gasteiger partial charge in [0.15, 0.2) is 0 Å². The third-order valence-electron chi connectivity index (χ3n) is 11.1. The fourth-order valence-corrected chi connectivity index (χ4v) is 9.12. The molecule has 2 aromatic carbocycles. The summed E-state index contributed by atoms with van der Waals surface area (Å²) in [5, 5.41) is 16.1. The van der Waals surface area contributed by atoms with Crippen molar-refractivity contribution >= 4 is 17.5 Å². The van der Waals surface area contributed by atoms with E-state index in [1.165, 1.54) is 7.11 Å². The Morgan fingerprint density at radius 3 is 2.40 bits per heavy atom. The Labute approximate surface area is 279 Å². The van der Waals surface area contributed by atoms with E-state index in [1.807, 2.05) is 26.0 Å². The lowest BCUT2D eigenvalue weighted by Crippen LogP contribution is -2.48. The van der Waals surface area contributed by atoms with E-state index in [9.17, 15) is 32.3 Å². The van der Waals surface area contributed by atoms with Gasteiger partial charge < -0.3 is 20.5 Å². The SMILES string of the molecule is COc1ccc([C@@H]2CCC(CC(C)(C)O)C2)cc1C(=O)N[C@H]1[C@@H](C(=O)Nc2ccc(F)c(C(F)(F)F)c2)[C@H]2CC[C@@H]1/C2=C\C1CCCC1. The van der Waals surface area contributed by atoms with Gasteiger partial charge in [-0.25, -0.2) is 4.39 Å². The van der Waals surface area contributed by atoms with Gasteiger partial charge >= 0.3 is 6.18 Å². The minimum Gasteiger partial charge on any atom is -0.496 e. The number of fused-ring (bicyclic) bond motifs is 2. The van der Waals surface area contributed by atoms with E-state index in [1.54, 1.807) is 6.07 Å². The third kappa shape index (κ3) is 7.28. The van der Waals surface area contributed by atoms with Gasteiger partial charge in [-0.3, -0.25) is 9.59 Å². The van der Waals surface area contributed by atoms with Crippen molar-refractivity contribution in [3.8, 4) is 5.75 Å².